The van der Waals surface area contributed by atoms with E-state index in [0.717, 1.165) is 25.8 Å². The lowest BCUT2D eigenvalue weighted by molar-refractivity contribution is 0.0943. The van der Waals surface area contributed by atoms with E-state index in [4.69, 9.17) is 0 Å². The SMILES string of the molecule is Cn1nc(N2CCCCC2CNC(=O)c2ncc[nH]c2=O)ccc1=O. The number of aromatic amines is 1. The number of hydrogen-bond donors (Lipinski definition) is 2. The summed E-state index contributed by atoms with van der Waals surface area (Å²) in [6.07, 6.45) is 5.72. The van der Waals surface area contributed by atoms with Crippen LogP contribution in [0.15, 0.2) is 34.1 Å². The molecule has 2 N–H and O–H groups in total. The van der Waals surface area contributed by atoms with Crippen LogP contribution in [-0.4, -0.2) is 44.8 Å². The lowest BCUT2D eigenvalue weighted by Gasteiger charge is -2.36. The molecule has 1 atom stereocenters. The minimum Gasteiger partial charge on any atom is -0.350 e. The van der Waals surface area contributed by atoms with Crippen LogP contribution in [0.5, 0.6) is 0 Å². The Bertz CT molecular complexity index is 874. The number of hydrogen-bond acceptors (Lipinski definition) is 6. The Hall–Kier alpha value is -2.97. The van der Waals surface area contributed by atoms with Crippen molar-refractivity contribution in [3.63, 3.8) is 0 Å². The molecule has 0 aliphatic carbocycles. The van der Waals surface area contributed by atoms with Gasteiger partial charge in [0.1, 0.15) is 5.82 Å². The number of anilines is 1. The van der Waals surface area contributed by atoms with Gasteiger partial charge >= 0.3 is 0 Å². The van der Waals surface area contributed by atoms with Gasteiger partial charge in [0.15, 0.2) is 5.69 Å². The average molecular weight is 344 g/mol. The Kier molecular flexibility index (Phi) is 4.92. The van der Waals surface area contributed by atoms with Crippen LogP contribution in [0.25, 0.3) is 0 Å². The number of aryl methyl sites for hydroxylation is 1. The third-order valence-corrected chi connectivity index (χ3v) is 4.29. The van der Waals surface area contributed by atoms with Crippen molar-refractivity contribution in [1.82, 2.24) is 25.1 Å². The maximum atomic E-state index is 12.2. The van der Waals surface area contributed by atoms with Gasteiger partial charge in [-0.2, -0.15) is 5.10 Å². The molecule has 1 amide bonds. The highest BCUT2D eigenvalue weighted by Crippen LogP contribution is 2.21. The summed E-state index contributed by atoms with van der Waals surface area (Å²) in [5.41, 5.74) is -0.828. The largest absolute Gasteiger partial charge is 0.350 e. The van der Waals surface area contributed by atoms with Crippen molar-refractivity contribution in [1.29, 1.82) is 0 Å². The topological polar surface area (TPSA) is 113 Å². The Morgan fingerprint density at radius 2 is 2.20 bits per heavy atom. The van der Waals surface area contributed by atoms with E-state index in [-0.39, 0.29) is 17.3 Å². The molecule has 132 valence electrons. The fourth-order valence-corrected chi connectivity index (χ4v) is 2.97. The second-order valence-corrected chi connectivity index (χ2v) is 5.97. The van der Waals surface area contributed by atoms with Gasteiger partial charge in [0.25, 0.3) is 17.0 Å². The Balaban J connectivity index is 1.72. The number of nitrogens with zero attached hydrogens (tertiary/aromatic N) is 4. The summed E-state index contributed by atoms with van der Waals surface area (Å²) in [6.45, 7) is 1.18. The Labute approximate surface area is 143 Å². The standard InChI is InChI=1S/C16H20N6O3/c1-21-13(23)6-5-12(20-21)22-9-3-2-4-11(22)10-19-16(25)14-15(24)18-8-7-17-14/h5-8,11H,2-4,9-10H2,1H3,(H,18,24)(H,19,25). The molecular weight excluding hydrogens is 324 g/mol. The number of aromatic nitrogens is 4. The van der Waals surface area contributed by atoms with Crippen LogP contribution in [0.3, 0.4) is 0 Å². The van der Waals surface area contributed by atoms with Gasteiger partial charge in [-0.1, -0.05) is 0 Å². The first-order valence-corrected chi connectivity index (χ1v) is 8.19. The smallest absolute Gasteiger partial charge is 0.279 e. The number of carbonyl (C=O) groups is 1. The molecule has 1 saturated heterocycles. The van der Waals surface area contributed by atoms with E-state index in [1.165, 1.54) is 23.1 Å². The van der Waals surface area contributed by atoms with Crippen LogP contribution < -0.4 is 21.3 Å². The van der Waals surface area contributed by atoms with Crippen molar-refractivity contribution < 1.29 is 4.79 Å². The number of carbonyl (C=O) groups excluding carboxylic acids is 1. The van der Waals surface area contributed by atoms with Crippen LogP contribution in [0.1, 0.15) is 29.8 Å². The number of H-pyrrole nitrogens is 1. The molecule has 9 heteroatoms. The van der Waals surface area contributed by atoms with Crippen LogP contribution in [0.4, 0.5) is 5.82 Å². The molecule has 2 aromatic rings. The van der Waals surface area contributed by atoms with E-state index in [9.17, 15) is 14.4 Å². The van der Waals surface area contributed by atoms with E-state index >= 15 is 0 Å². The molecule has 1 aliphatic rings. The summed E-state index contributed by atoms with van der Waals surface area (Å²) in [7, 11) is 1.61. The highest BCUT2D eigenvalue weighted by Gasteiger charge is 2.25. The molecule has 0 spiro atoms. The van der Waals surface area contributed by atoms with Crippen molar-refractivity contribution in [3.05, 3.63) is 50.9 Å². The number of amides is 1. The van der Waals surface area contributed by atoms with Gasteiger partial charge in [-0.05, 0) is 25.3 Å². The highest BCUT2D eigenvalue weighted by molar-refractivity contribution is 5.91. The summed E-state index contributed by atoms with van der Waals surface area (Å²) >= 11 is 0. The Morgan fingerprint density at radius 3 is 2.96 bits per heavy atom. The van der Waals surface area contributed by atoms with Gasteiger partial charge < -0.3 is 15.2 Å². The molecule has 0 aromatic carbocycles. The minimum atomic E-state index is -0.514. The third-order valence-electron chi connectivity index (χ3n) is 4.29. The molecule has 0 radical (unpaired) electrons. The maximum absolute atomic E-state index is 12.2. The number of nitrogens with one attached hydrogen (secondary N) is 2. The molecule has 1 aliphatic heterocycles. The number of rotatable bonds is 4. The normalized spacial score (nSPS) is 17.3. The van der Waals surface area contributed by atoms with E-state index < -0.39 is 11.5 Å². The molecule has 0 saturated carbocycles. The monoisotopic (exact) mass is 344 g/mol. The van der Waals surface area contributed by atoms with Crippen molar-refractivity contribution in [2.24, 2.45) is 7.05 Å². The minimum absolute atomic E-state index is 0.0468. The zero-order valence-corrected chi connectivity index (χ0v) is 13.9. The van der Waals surface area contributed by atoms with Gasteiger partial charge in [0, 0.05) is 44.6 Å². The Morgan fingerprint density at radius 1 is 1.36 bits per heavy atom. The first-order valence-electron chi connectivity index (χ1n) is 8.19. The zero-order valence-electron chi connectivity index (χ0n) is 13.9. The molecular formula is C16H20N6O3. The van der Waals surface area contributed by atoms with E-state index in [1.807, 2.05) is 0 Å². The predicted octanol–water partition coefficient (Wildman–Crippen LogP) is -0.347. The molecule has 2 aromatic heterocycles. The van der Waals surface area contributed by atoms with Crippen molar-refractivity contribution in [2.45, 2.75) is 25.3 Å². The number of piperidine rings is 1. The zero-order chi connectivity index (χ0) is 17.8. The van der Waals surface area contributed by atoms with Gasteiger partial charge in [-0.15, -0.1) is 0 Å². The second-order valence-electron chi connectivity index (χ2n) is 5.97. The molecule has 1 fully saturated rings. The average Bonchev–Trinajstić information content (AvgIpc) is 2.63. The fraction of sp³-hybridized carbons (Fsp3) is 0.438. The lowest BCUT2D eigenvalue weighted by Crippen LogP contribution is -2.48. The second kappa shape index (κ2) is 7.29. The van der Waals surface area contributed by atoms with E-state index in [2.05, 4.69) is 25.3 Å². The van der Waals surface area contributed by atoms with Crippen LogP contribution in [-0.2, 0) is 7.05 Å². The molecule has 1 unspecified atom stereocenters. The third kappa shape index (κ3) is 3.76. The summed E-state index contributed by atoms with van der Waals surface area (Å²) in [5.74, 6) is 0.206. The summed E-state index contributed by atoms with van der Waals surface area (Å²) in [6, 6.07) is 3.23. The molecule has 0 bridgehead atoms. The summed E-state index contributed by atoms with van der Waals surface area (Å²) in [5, 5.41) is 7.07. The van der Waals surface area contributed by atoms with Gasteiger partial charge in [0.05, 0.1) is 0 Å². The van der Waals surface area contributed by atoms with Crippen LogP contribution in [0.2, 0.25) is 0 Å². The van der Waals surface area contributed by atoms with Crippen LogP contribution in [0, 0.1) is 0 Å². The maximum Gasteiger partial charge on any atom is 0.279 e. The molecule has 3 heterocycles. The molecule has 9 nitrogen and oxygen atoms in total. The van der Waals surface area contributed by atoms with Gasteiger partial charge in [0.2, 0.25) is 0 Å². The van der Waals surface area contributed by atoms with E-state index in [1.54, 1.807) is 13.1 Å². The van der Waals surface area contributed by atoms with Crippen molar-refractivity contribution in [2.75, 3.05) is 18.0 Å². The predicted molar refractivity (Wildman–Crippen MR) is 91.7 cm³/mol. The van der Waals surface area contributed by atoms with Crippen LogP contribution >= 0.6 is 0 Å². The molecule has 25 heavy (non-hydrogen) atoms. The lowest BCUT2D eigenvalue weighted by atomic mass is 10.0. The quantitative estimate of drug-likeness (QED) is 0.784. The van der Waals surface area contributed by atoms with Gasteiger partial charge in [-0.25, -0.2) is 9.67 Å². The van der Waals surface area contributed by atoms with Crippen molar-refractivity contribution >= 4 is 11.7 Å². The highest BCUT2D eigenvalue weighted by atomic mass is 16.2. The summed E-state index contributed by atoms with van der Waals surface area (Å²) in [4.78, 5) is 43.7. The fourth-order valence-electron chi connectivity index (χ4n) is 2.97. The van der Waals surface area contributed by atoms with E-state index in [0.29, 0.717) is 12.4 Å². The molecule has 3 rings (SSSR count). The first-order chi connectivity index (χ1) is 12.1. The van der Waals surface area contributed by atoms with Gasteiger partial charge in [-0.3, -0.25) is 14.4 Å². The summed E-state index contributed by atoms with van der Waals surface area (Å²) < 4.78 is 1.30. The van der Waals surface area contributed by atoms with Crippen molar-refractivity contribution in [3.8, 4) is 0 Å². The first kappa shape index (κ1) is 16.9.